The van der Waals surface area contributed by atoms with Crippen molar-refractivity contribution < 1.29 is 9.09 Å². The molecule has 0 aliphatic heterocycles. The molecular formula is C5H10O2PS+. The number of hydrogen-bond acceptors (Lipinski definition) is 3. The van der Waals surface area contributed by atoms with Crippen LogP contribution in [-0.2, 0) is 9.09 Å². The molecule has 1 atom stereocenters. The molecule has 0 saturated carbocycles. The Labute approximate surface area is 60.5 Å². The van der Waals surface area contributed by atoms with Gasteiger partial charge in [-0.05, 0) is 16.9 Å². The third kappa shape index (κ3) is 5.87. The van der Waals surface area contributed by atoms with E-state index in [1.807, 2.05) is 6.92 Å². The van der Waals surface area contributed by atoms with Crippen LogP contribution in [0.25, 0.3) is 0 Å². The second-order valence-corrected chi connectivity index (χ2v) is 3.72. The maximum absolute atomic E-state index is 10.4. The van der Waals surface area contributed by atoms with E-state index in [2.05, 4.69) is 6.58 Å². The lowest BCUT2D eigenvalue weighted by atomic mass is 11.0. The molecule has 0 aliphatic rings. The van der Waals surface area contributed by atoms with E-state index in [9.17, 15) is 4.57 Å². The third-order valence-electron chi connectivity index (χ3n) is 0.536. The van der Waals surface area contributed by atoms with Gasteiger partial charge in [-0.2, -0.15) is 0 Å². The van der Waals surface area contributed by atoms with E-state index in [1.54, 1.807) is 0 Å². The summed E-state index contributed by atoms with van der Waals surface area (Å²) >= 11 is 1.46. The van der Waals surface area contributed by atoms with Crippen LogP contribution in [0.15, 0.2) is 11.7 Å². The van der Waals surface area contributed by atoms with Crippen molar-refractivity contribution in [1.82, 2.24) is 0 Å². The Balaban J connectivity index is 3.39. The molecule has 0 amide bonds. The lowest BCUT2D eigenvalue weighted by Gasteiger charge is -1.90. The van der Waals surface area contributed by atoms with Crippen molar-refractivity contribution in [2.24, 2.45) is 0 Å². The summed E-state index contributed by atoms with van der Waals surface area (Å²) in [5.41, 5.74) is 0. The van der Waals surface area contributed by atoms with Crippen molar-refractivity contribution in [3.8, 4) is 0 Å². The van der Waals surface area contributed by atoms with Crippen molar-refractivity contribution in [2.75, 3.05) is 12.4 Å². The van der Waals surface area contributed by atoms with Crippen LogP contribution < -0.4 is 0 Å². The van der Waals surface area contributed by atoms with Crippen LogP contribution in [0.4, 0.5) is 0 Å². The first-order valence-corrected chi connectivity index (χ1v) is 5.18. The van der Waals surface area contributed by atoms with E-state index in [4.69, 9.17) is 4.52 Å². The van der Waals surface area contributed by atoms with Crippen molar-refractivity contribution in [3.05, 3.63) is 11.7 Å². The summed E-state index contributed by atoms with van der Waals surface area (Å²) in [7, 11) is -1.52. The summed E-state index contributed by atoms with van der Waals surface area (Å²) in [6.45, 7) is 7.04. The predicted octanol–water partition coefficient (Wildman–Crippen LogP) is 2.60. The average Bonchev–Trinajstić information content (AvgIpc) is 1.63. The largest absolute Gasteiger partial charge is 0.553 e. The molecule has 4 heteroatoms. The molecule has 0 saturated heterocycles. The van der Waals surface area contributed by atoms with Crippen LogP contribution in [0.5, 0.6) is 0 Å². The lowest BCUT2D eigenvalue weighted by molar-refractivity contribution is 0.460. The van der Waals surface area contributed by atoms with Crippen LogP contribution in [0, 0.1) is 0 Å². The number of thioether (sulfide) groups is 1. The molecule has 0 rings (SSSR count). The maximum Gasteiger partial charge on any atom is 0.553 e. The molecule has 0 N–H and O–H groups in total. The molecule has 0 bridgehead atoms. The number of hydrogen-bond donors (Lipinski definition) is 0. The van der Waals surface area contributed by atoms with Gasteiger partial charge in [0.1, 0.15) is 0 Å². The molecule has 0 heterocycles. The minimum Gasteiger partial charge on any atom is -0.248 e. The van der Waals surface area contributed by atoms with E-state index >= 15 is 0 Å². The van der Waals surface area contributed by atoms with E-state index < -0.39 is 8.03 Å². The van der Waals surface area contributed by atoms with Crippen LogP contribution in [-0.4, -0.2) is 12.4 Å². The van der Waals surface area contributed by atoms with Gasteiger partial charge in [0.2, 0.25) is 5.09 Å². The van der Waals surface area contributed by atoms with Gasteiger partial charge in [0.15, 0.2) is 6.66 Å². The van der Waals surface area contributed by atoms with E-state index in [0.717, 1.165) is 5.75 Å². The van der Waals surface area contributed by atoms with Crippen molar-refractivity contribution in [2.45, 2.75) is 6.92 Å². The average molecular weight is 165 g/mol. The first kappa shape index (κ1) is 8.99. The fourth-order valence-corrected chi connectivity index (χ4v) is 1.47. The highest BCUT2D eigenvalue weighted by atomic mass is 32.2. The highest BCUT2D eigenvalue weighted by Crippen LogP contribution is 2.26. The Morgan fingerprint density at radius 3 is 2.78 bits per heavy atom. The Morgan fingerprint density at radius 1 is 1.89 bits per heavy atom. The highest BCUT2D eigenvalue weighted by molar-refractivity contribution is 8.02. The van der Waals surface area contributed by atoms with Gasteiger partial charge in [-0.3, -0.25) is 0 Å². The van der Waals surface area contributed by atoms with Crippen LogP contribution in [0.1, 0.15) is 6.92 Å². The zero-order chi connectivity index (χ0) is 7.28. The Hall–Kier alpha value is -0.0100. The molecule has 0 aromatic carbocycles. The topological polar surface area (TPSA) is 26.3 Å². The molecule has 0 aliphatic carbocycles. The van der Waals surface area contributed by atoms with E-state index in [0.29, 0.717) is 5.09 Å². The summed E-state index contributed by atoms with van der Waals surface area (Å²) in [5, 5.41) is 0.543. The van der Waals surface area contributed by atoms with E-state index in [1.165, 1.54) is 18.4 Å². The van der Waals surface area contributed by atoms with E-state index in [-0.39, 0.29) is 0 Å². The highest BCUT2D eigenvalue weighted by Gasteiger charge is 2.08. The molecule has 0 aromatic heterocycles. The first-order valence-electron chi connectivity index (χ1n) is 2.57. The summed E-state index contributed by atoms with van der Waals surface area (Å²) in [6.07, 6.45) is 0. The normalized spacial score (nSPS) is 10.7. The molecule has 52 valence electrons. The van der Waals surface area contributed by atoms with Gasteiger partial charge in [-0.15, -0.1) is 0 Å². The van der Waals surface area contributed by atoms with Crippen LogP contribution in [0.3, 0.4) is 0 Å². The summed E-state index contributed by atoms with van der Waals surface area (Å²) < 4.78 is 15.1. The molecule has 0 spiro atoms. The Bertz CT molecular complexity index is 124. The lowest BCUT2D eigenvalue weighted by Crippen LogP contribution is -1.75. The first-order chi connectivity index (χ1) is 4.16. The quantitative estimate of drug-likeness (QED) is 0.473. The smallest absolute Gasteiger partial charge is 0.248 e. The molecule has 0 aromatic rings. The van der Waals surface area contributed by atoms with Gasteiger partial charge in [0.05, 0.1) is 0 Å². The second kappa shape index (κ2) is 4.83. The molecular weight excluding hydrogens is 155 g/mol. The van der Waals surface area contributed by atoms with Gasteiger partial charge in [-0.25, -0.2) is 4.52 Å². The van der Waals surface area contributed by atoms with Crippen LogP contribution in [0.2, 0.25) is 0 Å². The number of rotatable bonds is 4. The minimum atomic E-state index is -1.52. The van der Waals surface area contributed by atoms with Crippen molar-refractivity contribution in [3.63, 3.8) is 0 Å². The summed E-state index contributed by atoms with van der Waals surface area (Å²) in [4.78, 5) is 0. The predicted molar refractivity (Wildman–Crippen MR) is 41.9 cm³/mol. The van der Waals surface area contributed by atoms with Gasteiger partial charge in [0, 0.05) is 0 Å². The van der Waals surface area contributed by atoms with Gasteiger partial charge < -0.3 is 0 Å². The fourth-order valence-electron chi connectivity index (χ4n) is 0.331. The standard InChI is InChI=1S/C5H10O2PS/c1-4-9-5(2)7-8(3)6/h2,4H2,1,3H3/q+1. The molecule has 0 radical (unpaired) electrons. The van der Waals surface area contributed by atoms with Crippen molar-refractivity contribution >= 4 is 19.8 Å². The zero-order valence-corrected chi connectivity index (χ0v) is 7.30. The molecule has 1 unspecified atom stereocenters. The molecule has 9 heavy (non-hydrogen) atoms. The SMILES string of the molecule is C=C(O[P+](C)=O)SCC. The van der Waals surface area contributed by atoms with Crippen LogP contribution >= 0.6 is 19.8 Å². The minimum absolute atomic E-state index is 0.543. The zero-order valence-electron chi connectivity index (χ0n) is 5.59. The fraction of sp³-hybridized carbons (Fsp3) is 0.600. The Kier molecular flexibility index (Phi) is 4.83. The monoisotopic (exact) mass is 165 g/mol. The molecule has 2 nitrogen and oxygen atoms in total. The molecule has 0 fully saturated rings. The van der Waals surface area contributed by atoms with Crippen molar-refractivity contribution in [1.29, 1.82) is 0 Å². The summed E-state index contributed by atoms with van der Waals surface area (Å²) in [6, 6.07) is 0. The van der Waals surface area contributed by atoms with Gasteiger partial charge >= 0.3 is 8.03 Å². The van der Waals surface area contributed by atoms with Gasteiger partial charge in [-0.1, -0.05) is 18.7 Å². The maximum atomic E-state index is 10.4. The summed E-state index contributed by atoms with van der Waals surface area (Å²) in [5.74, 6) is 0.905. The Morgan fingerprint density at radius 2 is 2.44 bits per heavy atom. The third-order valence-corrected chi connectivity index (χ3v) is 1.83. The second-order valence-electron chi connectivity index (χ2n) is 1.34. The van der Waals surface area contributed by atoms with Gasteiger partial charge in [0.25, 0.3) is 0 Å².